The largest absolute Gasteiger partial charge is 0.491 e. The van der Waals surface area contributed by atoms with Gasteiger partial charge in [-0.3, -0.25) is 14.5 Å². The first kappa shape index (κ1) is 120. The lowest BCUT2D eigenvalue weighted by molar-refractivity contribution is -0.128. The zero-order valence-electron chi connectivity index (χ0n) is 85.7. The predicted molar refractivity (Wildman–Crippen MR) is 540 cm³/mol. The Hall–Kier alpha value is -11.7. The van der Waals surface area contributed by atoms with Gasteiger partial charge < -0.3 is 142 Å². The van der Waals surface area contributed by atoms with Crippen molar-refractivity contribution in [3.05, 3.63) is 129 Å². The van der Waals surface area contributed by atoms with Crippen molar-refractivity contribution in [2.75, 3.05) is 261 Å². The maximum atomic E-state index is 15.8. The second-order valence-corrected chi connectivity index (χ2v) is 36.6. The van der Waals surface area contributed by atoms with E-state index < -0.39 is 78.1 Å². The van der Waals surface area contributed by atoms with Crippen LogP contribution in [0.3, 0.4) is 0 Å². The van der Waals surface area contributed by atoms with Crippen LogP contribution >= 0.6 is 22.7 Å². The van der Waals surface area contributed by atoms with Gasteiger partial charge in [-0.25, -0.2) is 47.7 Å². The number of benzene rings is 3. The number of aromatic nitrogens is 10. The summed E-state index contributed by atoms with van der Waals surface area (Å²) < 4.78 is 131. The Labute approximate surface area is 868 Å². The number of amides is 7. The normalized spacial score (nSPS) is 12.3. The highest BCUT2D eigenvalue weighted by atomic mass is 32.1. The summed E-state index contributed by atoms with van der Waals surface area (Å²) in [6.45, 7) is 22.0. The molecule has 0 bridgehead atoms. The Balaban J connectivity index is 0.823. The summed E-state index contributed by atoms with van der Waals surface area (Å²) in [5, 5.41) is 51.9. The zero-order valence-corrected chi connectivity index (χ0v) is 87.4. The Kier molecular flexibility index (Phi) is 55.7. The van der Waals surface area contributed by atoms with Gasteiger partial charge in [0, 0.05) is 68.2 Å². The first-order valence-corrected chi connectivity index (χ1v) is 50.7. The summed E-state index contributed by atoms with van der Waals surface area (Å²) >= 11 is 2.75. The molecule has 0 fully saturated rings. The second kappa shape index (κ2) is 68.8. The van der Waals surface area contributed by atoms with Gasteiger partial charge >= 0.3 is 30.3 Å². The maximum absolute atomic E-state index is 15.8. The van der Waals surface area contributed by atoms with Gasteiger partial charge in [0.25, 0.3) is 0 Å². The summed E-state index contributed by atoms with van der Waals surface area (Å²) in [5.41, 5.74) is 8.76. The van der Waals surface area contributed by atoms with E-state index in [4.69, 9.17) is 105 Å². The van der Waals surface area contributed by atoms with Gasteiger partial charge in [0.1, 0.15) is 42.3 Å². The molecule has 1 aliphatic rings. The summed E-state index contributed by atoms with van der Waals surface area (Å²) in [6.07, 6.45) is 2.84. The van der Waals surface area contributed by atoms with Crippen LogP contribution < -0.4 is 42.0 Å². The van der Waals surface area contributed by atoms with Gasteiger partial charge in [0.15, 0.2) is 39.2 Å². The van der Waals surface area contributed by atoms with E-state index in [1.807, 2.05) is 36.1 Å². The fourth-order valence-electron chi connectivity index (χ4n) is 13.9. The van der Waals surface area contributed by atoms with Crippen molar-refractivity contribution in [3.8, 4) is 17.6 Å². The van der Waals surface area contributed by atoms with Gasteiger partial charge in [0.05, 0.1) is 254 Å². The lowest BCUT2D eigenvalue weighted by atomic mass is 10.0. The molecule has 148 heavy (non-hydrogen) atoms. The highest BCUT2D eigenvalue weighted by Crippen LogP contribution is 2.40. The van der Waals surface area contributed by atoms with Crippen LogP contribution in [0.1, 0.15) is 115 Å². The van der Waals surface area contributed by atoms with Gasteiger partial charge in [-0.1, -0.05) is 65.7 Å². The molecule has 8 N–H and O–H groups in total. The number of ether oxygens (including phenoxy) is 20. The molecular weight excluding hydrogens is 1970 g/mol. The van der Waals surface area contributed by atoms with Crippen LogP contribution in [0.2, 0.25) is 0 Å². The number of halogens is 1. The fraction of sp³-hybridized carbons (Fsp3) is 0.602. The van der Waals surface area contributed by atoms with Crippen LogP contribution in [-0.2, 0) is 152 Å². The standard InChI is InChI=1S/C98H142FN19O28S2/c1-70(2)85(106-95(124)146-98(4,5)6)90(120)103-81(19-12-26-101-92(100)123)89(119)102-75-24-23-73(68-144-96(125)114(7)27-13-16-72-22-25-82(79(99)62-72)143-31-15-21-84-86(91(121)122)105-94(148-84)118-28-14-17-78-71(3)87(110-111-88(78)118)107-93-104-80-18-10-11-20-83(80)147-93)74(63-75)64-115(65-76-66-116(112-108-76)29-32-129-38-40-133-46-48-137-54-56-141-60-58-139-52-50-135-44-42-131-36-34-127-8)97(126)145-69-77-67-117(113-109-77)30-33-130-39-41-134-47-49-138-55-57-142-61-59-140-53-51-136-45-43-132-37-35-128-9/h10-11,18,20,22-25,62-63,66-67,70,81,85H,12,14-15,17,19,21,26-61,64-65,68-69H2,1-9H3,(H,102,119)(H,103,120)(H,106,124)(H,121,122)(H3,100,101,123)(H,104,107,110)/t81-,85-/m0/s1. The summed E-state index contributed by atoms with van der Waals surface area (Å²) in [4.78, 5) is 109. The van der Waals surface area contributed by atoms with E-state index in [2.05, 4.69) is 74.2 Å². The van der Waals surface area contributed by atoms with Crippen molar-refractivity contribution in [2.24, 2.45) is 11.7 Å². The third kappa shape index (κ3) is 46.2. The number of carbonyl (C=O) groups excluding carboxylic acids is 6. The molecule has 6 heterocycles. The summed E-state index contributed by atoms with van der Waals surface area (Å²) in [6, 6.07) is 13.4. The number of aryl methyl sites for hydroxylation is 1. The van der Waals surface area contributed by atoms with E-state index in [1.54, 1.807) is 79.4 Å². The number of para-hydroxylation sites is 1. The van der Waals surface area contributed by atoms with Crippen molar-refractivity contribution in [1.29, 1.82) is 0 Å². The molecule has 5 aromatic heterocycles. The second-order valence-electron chi connectivity index (χ2n) is 34.5. The highest BCUT2D eigenvalue weighted by Gasteiger charge is 2.33. The number of urea groups is 1. The molecule has 3 aromatic carbocycles. The molecule has 0 saturated carbocycles. The van der Waals surface area contributed by atoms with E-state index in [0.29, 0.717) is 222 Å². The summed E-state index contributed by atoms with van der Waals surface area (Å²) in [7, 11) is 4.68. The smallest absolute Gasteiger partial charge is 0.410 e. The predicted octanol–water partition coefficient (Wildman–Crippen LogP) is 8.62. The molecule has 816 valence electrons. The van der Waals surface area contributed by atoms with Crippen molar-refractivity contribution in [2.45, 2.75) is 137 Å². The van der Waals surface area contributed by atoms with E-state index in [9.17, 15) is 38.7 Å². The minimum atomic E-state index is -1.29. The third-order valence-electron chi connectivity index (χ3n) is 21.4. The third-order valence-corrected chi connectivity index (χ3v) is 23.5. The molecule has 9 rings (SSSR count). The number of carbonyl (C=O) groups is 7. The average Bonchev–Trinajstić information content (AvgIpc) is 1.48. The molecule has 8 aromatic rings. The van der Waals surface area contributed by atoms with Gasteiger partial charge in [-0.2, -0.15) is 0 Å². The number of nitrogens with zero attached hydrogens (tertiary/aromatic N) is 13. The Bertz CT molecular complexity index is 5300. The molecule has 0 radical (unpaired) electrons. The fourth-order valence-corrected chi connectivity index (χ4v) is 15.9. The topological polar surface area (TPSA) is 533 Å². The quantitative estimate of drug-likeness (QED) is 0.0106. The first-order chi connectivity index (χ1) is 71.8. The molecule has 0 aliphatic carbocycles. The monoisotopic (exact) mass is 2120 g/mol. The zero-order chi connectivity index (χ0) is 106. The van der Waals surface area contributed by atoms with Gasteiger partial charge in [0.2, 0.25) is 11.8 Å². The van der Waals surface area contributed by atoms with Crippen molar-refractivity contribution < 1.29 is 138 Å². The number of thiazole rings is 2. The van der Waals surface area contributed by atoms with Crippen molar-refractivity contribution in [3.63, 3.8) is 0 Å². The van der Waals surface area contributed by atoms with E-state index in [1.165, 1.54) is 67.1 Å². The molecule has 50 heteroatoms. The number of hydrogen-bond acceptors (Lipinski definition) is 39. The van der Waals surface area contributed by atoms with Crippen LogP contribution in [0, 0.1) is 30.5 Å². The molecule has 0 spiro atoms. The molecule has 0 unspecified atom stereocenters. The van der Waals surface area contributed by atoms with Crippen LogP contribution in [-0.4, -0.2) is 371 Å². The number of nitrogens with one attached hydrogen (secondary N) is 5. The lowest BCUT2D eigenvalue weighted by Gasteiger charge is -2.28. The first-order valence-electron chi connectivity index (χ1n) is 49.1. The Morgan fingerprint density at radius 3 is 1.68 bits per heavy atom. The molecule has 1 aliphatic heterocycles. The molecule has 47 nitrogen and oxygen atoms in total. The number of alkyl carbamates (subject to hydrolysis) is 1. The maximum Gasteiger partial charge on any atom is 0.410 e. The number of aromatic carboxylic acids is 1. The van der Waals surface area contributed by atoms with E-state index >= 15 is 4.39 Å². The SMILES string of the molecule is COCCOCCOCCOCCOCCOCCOCCOCCn1cc(COC(=O)N(Cc2cn(CCOCCOCCOCCOCCOCCOCCOCCOC)nn2)Cc2cc(NC(=O)[C@H](CCCNC(N)=O)NC(=O)[C@@H](NC(=O)OC(C)(C)C)C(C)C)ccc2COC(=O)N(C)CC#Cc2ccc(OCCCc3sc(N4CCCc5c4nnc(Nc4nc6ccccc6s4)c5C)nc3C(=O)O)c(F)c2)nn1. The molecular formula is C98H142FN19O28S2. The molecule has 2 atom stereocenters. The molecule has 0 saturated heterocycles. The molecule has 7 amide bonds. The number of rotatable bonds is 76. The highest BCUT2D eigenvalue weighted by molar-refractivity contribution is 7.22. The Morgan fingerprint density at radius 2 is 1.14 bits per heavy atom. The summed E-state index contributed by atoms with van der Waals surface area (Å²) in [5.74, 6) is 3.05. The number of fused-ring (bicyclic) bond motifs is 2. The van der Waals surface area contributed by atoms with E-state index in [-0.39, 0.29) is 133 Å². The Morgan fingerprint density at radius 1 is 0.595 bits per heavy atom. The van der Waals surface area contributed by atoms with Crippen molar-refractivity contribution in [1.82, 2.24) is 75.9 Å². The number of carboxylic acid groups (broad SMARTS) is 1. The number of anilines is 5. The van der Waals surface area contributed by atoms with Crippen LogP contribution in [0.4, 0.5) is 51.2 Å². The van der Waals surface area contributed by atoms with Gasteiger partial charge in [-0.05, 0) is 126 Å². The number of methoxy groups -OCH3 is 2. The number of nitrogens with two attached hydrogens (primary N) is 1. The minimum Gasteiger partial charge on any atom is -0.491 e. The number of primary amides is 1. The van der Waals surface area contributed by atoms with Crippen molar-refractivity contribution >= 4 is 103 Å². The van der Waals surface area contributed by atoms with Crippen LogP contribution in [0.5, 0.6) is 5.75 Å². The average molecular weight is 2120 g/mol. The number of carboxylic acids is 1. The van der Waals surface area contributed by atoms with Gasteiger partial charge in [-0.15, -0.1) is 31.7 Å². The van der Waals surface area contributed by atoms with E-state index in [0.717, 1.165) is 34.2 Å². The van der Waals surface area contributed by atoms with Crippen LogP contribution in [0.25, 0.3) is 10.2 Å². The minimum absolute atomic E-state index is 0.0284. The lowest BCUT2D eigenvalue weighted by Crippen LogP contribution is -2.55. The number of hydrogen-bond donors (Lipinski definition) is 7. The van der Waals surface area contributed by atoms with Crippen LogP contribution in [0.15, 0.2) is 73.1 Å².